The van der Waals surface area contributed by atoms with Crippen LogP contribution in [0.5, 0.6) is 0 Å². The Morgan fingerprint density at radius 2 is 2.16 bits per heavy atom. The zero-order chi connectivity index (χ0) is 13.2. The molecule has 0 spiro atoms. The summed E-state index contributed by atoms with van der Waals surface area (Å²) in [4.78, 5) is 16.1. The van der Waals surface area contributed by atoms with E-state index in [1.807, 2.05) is 24.3 Å². The van der Waals surface area contributed by atoms with Crippen LogP contribution in [-0.2, 0) is 0 Å². The molecule has 19 heavy (non-hydrogen) atoms. The first-order valence-electron chi connectivity index (χ1n) is 5.47. The molecule has 0 saturated carbocycles. The number of amides is 1. The van der Waals surface area contributed by atoms with Gasteiger partial charge in [0.15, 0.2) is 0 Å². The van der Waals surface area contributed by atoms with Crippen LogP contribution in [0.4, 0.5) is 10.9 Å². The fraction of sp³-hybridized carbons (Fsp3) is 0. The molecular formula is C12H9N5OS. The zero-order valence-electron chi connectivity index (χ0n) is 9.70. The number of nitrogens with zero attached hydrogens (tertiary/aromatic N) is 3. The first kappa shape index (κ1) is 11.5. The van der Waals surface area contributed by atoms with E-state index in [0.29, 0.717) is 10.9 Å². The van der Waals surface area contributed by atoms with Crippen molar-refractivity contribution in [2.75, 3.05) is 11.1 Å². The molecule has 0 fully saturated rings. The van der Waals surface area contributed by atoms with Crippen LogP contribution < -0.4 is 11.1 Å². The maximum atomic E-state index is 12.0. The number of carbonyl (C=O) groups excluding carboxylic acids is 1. The summed E-state index contributed by atoms with van der Waals surface area (Å²) in [7, 11) is 0. The third kappa shape index (κ3) is 2.23. The Morgan fingerprint density at radius 1 is 1.32 bits per heavy atom. The highest BCUT2D eigenvalue weighted by Crippen LogP contribution is 2.20. The van der Waals surface area contributed by atoms with Gasteiger partial charge in [-0.15, -0.1) is 10.2 Å². The molecule has 2 heterocycles. The van der Waals surface area contributed by atoms with Crippen LogP contribution >= 0.6 is 11.3 Å². The SMILES string of the molecule is Nc1nc(C(=O)Nc2nncs2)cc2ccccc12. The number of rotatable bonds is 2. The average Bonchev–Trinajstić information content (AvgIpc) is 2.91. The van der Waals surface area contributed by atoms with Crippen LogP contribution in [0.1, 0.15) is 10.5 Å². The predicted molar refractivity (Wildman–Crippen MR) is 74.0 cm³/mol. The first-order valence-corrected chi connectivity index (χ1v) is 6.35. The van der Waals surface area contributed by atoms with E-state index in [1.165, 1.54) is 16.8 Å². The fourth-order valence-corrected chi connectivity index (χ4v) is 2.17. The van der Waals surface area contributed by atoms with E-state index in [1.54, 1.807) is 6.07 Å². The van der Waals surface area contributed by atoms with Crippen LogP contribution in [0.3, 0.4) is 0 Å². The third-order valence-corrected chi connectivity index (χ3v) is 3.19. The van der Waals surface area contributed by atoms with E-state index in [9.17, 15) is 4.79 Å². The highest BCUT2D eigenvalue weighted by molar-refractivity contribution is 7.13. The van der Waals surface area contributed by atoms with Gasteiger partial charge >= 0.3 is 0 Å². The lowest BCUT2D eigenvalue weighted by Gasteiger charge is -2.05. The highest BCUT2D eigenvalue weighted by Gasteiger charge is 2.12. The van der Waals surface area contributed by atoms with Gasteiger partial charge in [-0.25, -0.2) is 4.98 Å². The molecule has 3 rings (SSSR count). The van der Waals surface area contributed by atoms with Gasteiger partial charge in [-0.3, -0.25) is 10.1 Å². The number of carbonyl (C=O) groups is 1. The van der Waals surface area contributed by atoms with Gasteiger partial charge in [0.1, 0.15) is 17.0 Å². The summed E-state index contributed by atoms with van der Waals surface area (Å²) in [5.74, 6) is -0.0188. The molecule has 0 aliphatic carbocycles. The van der Waals surface area contributed by atoms with Crippen LogP contribution in [0.2, 0.25) is 0 Å². The molecule has 3 aromatic rings. The summed E-state index contributed by atoms with van der Waals surface area (Å²) >= 11 is 1.24. The molecular weight excluding hydrogens is 262 g/mol. The molecule has 0 radical (unpaired) electrons. The molecule has 0 aliphatic rings. The monoisotopic (exact) mass is 271 g/mol. The standard InChI is InChI=1S/C12H9N5OS/c13-10-8-4-2-1-3-7(8)5-9(15-10)11(18)16-12-17-14-6-19-12/h1-6H,(H2,13,15)(H,16,17,18). The van der Waals surface area contributed by atoms with Gasteiger partial charge < -0.3 is 5.73 Å². The Kier molecular flexibility index (Phi) is 2.81. The maximum Gasteiger partial charge on any atom is 0.276 e. The molecule has 1 amide bonds. The maximum absolute atomic E-state index is 12.0. The smallest absolute Gasteiger partial charge is 0.276 e. The van der Waals surface area contributed by atoms with Gasteiger partial charge in [-0.2, -0.15) is 0 Å². The summed E-state index contributed by atoms with van der Waals surface area (Å²) in [6.07, 6.45) is 0. The van der Waals surface area contributed by atoms with Crippen molar-refractivity contribution >= 4 is 39.0 Å². The van der Waals surface area contributed by atoms with Crippen LogP contribution in [0.15, 0.2) is 35.8 Å². The van der Waals surface area contributed by atoms with Crippen LogP contribution in [-0.4, -0.2) is 21.1 Å². The number of benzene rings is 1. The number of nitrogens with one attached hydrogen (secondary N) is 1. The lowest BCUT2D eigenvalue weighted by Crippen LogP contribution is -2.14. The Hall–Kier alpha value is -2.54. The van der Waals surface area contributed by atoms with Gasteiger partial charge in [0.05, 0.1) is 0 Å². The predicted octanol–water partition coefficient (Wildman–Crippen LogP) is 1.92. The summed E-state index contributed by atoms with van der Waals surface area (Å²) in [6, 6.07) is 9.21. The largest absolute Gasteiger partial charge is 0.383 e. The average molecular weight is 271 g/mol. The van der Waals surface area contributed by atoms with Crippen molar-refractivity contribution in [1.29, 1.82) is 0 Å². The van der Waals surface area contributed by atoms with E-state index in [2.05, 4.69) is 20.5 Å². The quantitative estimate of drug-likeness (QED) is 0.742. The van der Waals surface area contributed by atoms with Crippen LogP contribution in [0, 0.1) is 0 Å². The lowest BCUT2D eigenvalue weighted by atomic mass is 10.1. The van der Waals surface area contributed by atoms with Crippen LogP contribution in [0.25, 0.3) is 10.8 Å². The Balaban J connectivity index is 1.98. The second-order valence-electron chi connectivity index (χ2n) is 3.81. The molecule has 0 unspecified atom stereocenters. The summed E-state index contributed by atoms with van der Waals surface area (Å²) in [6.45, 7) is 0. The number of anilines is 2. The minimum atomic E-state index is -0.353. The molecule has 6 nitrogen and oxygen atoms in total. The molecule has 1 aromatic carbocycles. The third-order valence-electron chi connectivity index (χ3n) is 2.58. The number of pyridine rings is 1. The Labute approximate surface area is 112 Å². The fourth-order valence-electron chi connectivity index (χ4n) is 1.73. The second kappa shape index (κ2) is 4.62. The normalized spacial score (nSPS) is 10.5. The van der Waals surface area contributed by atoms with Crippen molar-refractivity contribution in [2.24, 2.45) is 0 Å². The summed E-state index contributed by atoms with van der Waals surface area (Å²) < 4.78 is 0. The van der Waals surface area contributed by atoms with Crippen molar-refractivity contribution in [2.45, 2.75) is 0 Å². The molecule has 2 aromatic heterocycles. The second-order valence-corrected chi connectivity index (χ2v) is 4.65. The summed E-state index contributed by atoms with van der Waals surface area (Å²) in [5, 5.41) is 12.1. The van der Waals surface area contributed by atoms with Crippen molar-refractivity contribution in [3.63, 3.8) is 0 Å². The Bertz CT molecular complexity index is 741. The van der Waals surface area contributed by atoms with Gasteiger partial charge in [0.25, 0.3) is 5.91 Å². The molecule has 94 valence electrons. The van der Waals surface area contributed by atoms with Gasteiger partial charge in [0, 0.05) is 5.39 Å². The van der Waals surface area contributed by atoms with Crippen molar-refractivity contribution in [3.05, 3.63) is 41.5 Å². The summed E-state index contributed by atoms with van der Waals surface area (Å²) in [5.41, 5.74) is 7.65. The molecule has 0 saturated heterocycles. The first-order chi connectivity index (χ1) is 9.24. The lowest BCUT2D eigenvalue weighted by molar-refractivity contribution is 0.102. The number of aromatic nitrogens is 3. The van der Waals surface area contributed by atoms with Gasteiger partial charge in [-0.05, 0) is 11.5 Å². The van der Waals surface area contributed by atoms with Crippen molar-refractivity contribution in [3.8, 4) is 0 Å². The topological polar surface area (TPSA) is 93.8 Å². The molecule has 0 atom stereocenters. The molecule has 0 aliphatic heterocycles. The minimum Gasteiger partial charge on any atom is -0.383 e. The van der Waals surface area contributed by atoms with E-state index in [0.717, 1.165) is 10.8 Å². The van der Waals surface area contributed by atoms with Gasteiger partial charge in [-0.1, -0.05) is 35.6 Å². The Morgan fingerprint density at radius 3 is 2.95 bits per heavy atom. The van der Waals surface area contributed by atoms with E-state index in [4.69, 9.17) is 5.73 Å². The number of nitrogen functional groups attached to an aromatic ring is 1. The zero-order valence-corrected chi connectivity index (χ0v) is 10.5. The van der Waals surface area contributed by atoms with Crippen molar-refractivity contribution < 1.29 is 4.79 Å². The number of nitrogens with two attached hydrogens (primary N) is 1. The van der Waals surface area contributed by atoms with E-state index < -0.39 is 0 Å². The molecule has 7 heteroatoms. The number of hydrogen-bond acceptors (Lipinski definition) is 6. The van der Waals surface area contributed by atoms with Crippen molar-refractivity contribution in [1.82, 2.24) is 15.2 Å². The van der Waals surface area contributed by atoms with E-state index >= 15 is 0 Å². The molecule has 3 N–H and O–H groups in total. The number of fused-ring (bicyclic) bond motifs is 1. The number of hydrogen-bond donors (Lipinski definition) is 2. The minimum absolute atomic E-state index is 0.256. The van der Waals surface area contributed by atoms with E-state index in [-0.39, 0.29) is 11.6 Å². The van der Waals surface area contributed by atoms with Gasteiger partial charge in [0.2, 0.25) is 5.13 Å². The highest BCUT2D eigenvalue weighted by atomic mass is 32.1. The molecule has 0 bridgehead atoms.